The number of carbonyl (C=O) groups is 1. The Labute approximate surface area is 125 Å². The molecule has 0 radical (unpaired) electrons. The van der Waals surface area contributed by atoms with Crippen LogP contribution in [0.15, 0.2) is 18.2 Å². The Morgan fingerprint density at radius 3 is 2.38 bits per heavy atom. The summed E-state index contributed by atoms with van der Waals surface area (Å²) in [4.78, 5) is 24.9. The van der Waals surface area contributed by atoms with Gasteiger partial charge in [-0.2, -0.15) is 0 Å². The van der Waals surface area contributed by atoms with E-state index >= 15 is 0 Å². The number of hydrogen-bond donors (Lipinski definition) is 1. The molecule has 0 saturated heterocycles. The van der Waals surface area contributed by atoms with Crippen molar-refractivity contribution >= 4 is 17.3 Å². The average Bonchev–Trinajstić information content (AvgIpc) is 2.42. The number of benzene rings is 1. The molecule has 0 fully saturated rings. The number of rotatable bonds is 4. The van der Waals surface area contributed by atoms with Crippen LogP contribution in [0, 0.1) is 15.5 Å². The summed E-state index contributed by atoms with van der Waals surface area (Å²) in [7, 11) is 3.27. The number of para-hydroxylation sites is 1. The molecule has 21 heavy (non-hydrogen) atoms. The van der Waals surface area contributed by atoms with E-state index in [2.05, 4.69) is 5.32 Å². The van der Waals surface area contributed by atoms with Gasteiger partial charge in [-0.1, -0.05) is 26.8 Å². The van der Waals surface area contributed by atoms with Crippen LogP contribution >= 0.6 is 0 Å². The number of nitrogens with one attached hydrogen (secondary N) is 1. The van der Waals surface area contributed by atoms with Crippen molar-refractivity contribution in [2.75, 3.05) is 19.4 Å². The highest BCUT2D eigenvalue weighted by Gasteiger charge is 2.32. The summed E-state index contributed by atoms with van der Waals surface area (Å²) in [5.41, 5.74) is 0.144. The summed E-state index contributed by atoms with van der Waals surface area (Å²) >= 11 is 0. The summed E-state index contributed by atoms with van der Waals surface area (Å²) in [6, 6.07) is 4.67. The SMILES string of the molecule is CNc1cccc(C(=O)N(C)C(C)C(C)(C)C)c1[N+](=O)[O-]. The maximum atomic E-state index is 12.6. The third-order valence-corrected chi connectivity index (χ3v) is 3.87. The zero-order chi connectivity index (χ0) is 16.4. The van der Waals surface area contributed by atoms with E-state index in [9.17, 15) is 14.9 Å². The lowest BCUT2D eigenvalue weighted by Crippen LogP contribution is -2.43. The average molecular weight is 293 g/mol. The minimum absolute atomic E-state index is 0.0529. The first kappa shape index (κ1) is 16.9. The van der Waals surface area contributed by atoms with Gasteiger partial charge in [0.1, 0.15) is 11.3 Å². The first-order chi connectivity index (χ1) is 9.61. The van der Waals surface area contributed by atoms with Gasteiger partial charge in [0.05, 0.1) is 4.92 Å². The monoisotopic (exact) mass is 293 g/mol. The van der Waals surface area contributed by atoms with E-state index in [0.29, 0.717) is 5.69 Å². The van der Waals surface area contributed by atoms with E-state index in [1.165, 1.54) is 6.07 Å². The molecule has 1 aromatic rings. The van der Waals surface area contributed by atoms with Crippen molar-refractivity contribution in [3.63, 3.8) is 0 Å². The van der Waals surface area contributed by atoms with Crippen LogP contribution in [0.2, 0.25) is 0 Å². The first-order valence-corrected chi connectivity index (χ1v) is 6.83. The molecule has 0 saturated carbocycles. The van der Waals surface area contributed by atoms with E-state index in [-0.39, 0.29) is 28.6 Å². The second kappa shape index (κ2) is 6.11. The molecule has 1 rings (SSSR count). The Morgan fingerprint density at radius 1 is 1.38 bits per heavy atom. The molecule has 6 nitrogen and oxygen atoms in total. The summed E-state index contributed by atoms with van der Waals surface area (Å²) < 4.78 is 0. The van der Waals surface area contributed by atoms with Gasteiger partial charge in [-0.15, -0.1) is 0 Å². The smallest absolute Gasteiger partial charge is 0.305 e. The van der Waals surface area contributed by atoms with Crippen LogP contribution < -0.4 is 5.32 Å². The maximum Gasteiger partial charge on any atom is 0.305 e. The molecule has 1 N–H and O–H groups in total. The molecule has 1 unspecified atom stereocenters. The summed E-state index contributed by atoms with van der Waals surface area (Å²) in [6.45, 7) is 8.02. The summed E-state index contributed by atoms with van der Waals surface area (Å²) in [5, 5.41) is 14.0. The number of hydrogen-bond acceptors (Lipinski definition) is 4. The van der Waals surface area contributed by atoms with Crippen LogP contribution in [0.3, 0.4) is 0 Å². The molecule has 1 amide bonds. The predicted molar refractivity (Wildman–Crippen MR) is 83.7 cm³/mol. The Balaban J connectivity index is 3.28. The number of nitrogens with zero attached hydrogens (tertiary/aromatic N) is 2. The van der Waals surface area contributed by atoms with Crippen LogP contribution in [0.4, 0.5) is 11.4 Å². The highest BCUT2D eigenvalue weighted by atomic mass is 16.6. The zero-order valence-electron chi connectivity index (χ0n) is 13.4. The van der Waals surface area contributed by atoms with Crippen molar-refractivity contribution in [1.29, 1.82) is 0 Å². The van der Waals surface area contributed by atoms with E-state index in [4.69, 9.17) is 0 Å². The van der Waals surface area contributed by atoms with E-state index < -0.39 is 4.92 Å². The Kier molecular flexibility index (Phi) is 4.93. The van der Waals surface area contributed by atoms with Crippen LogP contribution in [0.25, 0.3) is 0 Å². The second-order valence-electron chi connectivity index (χ2n) is 6.17. The first-order valence-electron chi connectivity index (χ1n) is 6.83. The van der Waals surface area contributed by atoms with Gasteiger partial charge in [-0.05, 0) is 24.5 Å². The number of nitro benzene ring substituents is 1. The lowest BCUT2D eigenvalue weighted by atomic mass is 9.87. The highest BCUT2D eigenvalue weighted by Crippen LogP contribution is 2.31. The molecule has 0 spiro atoms. The van der Waals surface area contributed by atoms with E-state index in [0.717, 1.165) is 0 Å². The Morgan fingerprint density at radius 2 is 1.95 bits per heavy atom. The van der Waals surface area contributed by atoms with Gasteiger partial charge in [0.25, 0.3) is 5.91 Å². The van der Waals surface area contributed by atoms with Crippen molar-refractivity contribution in [1.82, 2.24) is 4.90 Å². The number of nitro groups is 1. The van der Waals surface area contributed by atoms with Gasteiger partial charge in [-0.25, -0.2) is 0 Å². The lowest BCUT2D eigenvalue weighted by molar-refractivity contribution is -0.384. The highest BCUT2D eigenvalue weighted by molar-refractivity contribution is 6.00. The predicted octanol–water partition coefficient (Wildman–Crippen LogP) is 3.14. The Bertz CT molecular complexity index is 550. The normalized spacial score (nSPS) is 12.7. The van der Waals surface area contributed by atoms with E-state index in [1.807, 2.05) is 27.7 Å². The largest absolute Gasteiger partial charge is 0.383 e. The van der Waals surface area contributed by atoms with E-state index in [1.54, 1.807) is 31.1 Å². The van der Waals surface area contributed by atoms with Crippen LogP contribution in [-0.4, -0.2) is 35.9 Å². The van der Waals surface area contributed by atoms with Crippen LogP contribution in [0.1, 0.15) is 38.1 Å². The molecular formula is C15H23N3O3. The quantitative estimate of drug-likeness (QED) is 0.683. The number of amides is 1. The standard InChI is InChI=1S/C15H23N3O3/c1-10(15(2,3)4)17(6)14(19)11-8-7-9-12(16-5)13(11)18(20)21/h7-10,16H,1-6H3. The molecule has 0 bridgehead atoms. The summed E-state index contributed by atoms with van der Waals surface area (Å²) in [6.07, 6.45) is 0. The second-order valence-corrected chi connectivity index (χ2v) is 6.17. The Hall–Kier alpha value is -2.11. The zero-order valence-corrected chi connectivity index (χ0v) is 13.4. The van der Waals surface area contributed by atoms with Gasteiger partial charge >= 0.3 is 5.69 Å². The molecule has 6 heteroatoms. The number of carbonyl (C=O) groups excluding carboxylic acids is 1. The minimum atomic E-state index is -0.519. The van der Waals surface area contributed by atoms with Gasteiger partial charge in [0.15, 0.2) is 0 Å². The third-order valence-electron chi connectivity index (χ3n) is 3.87. The van der Waals surface area contributed by atoms with Crippen molar-refractivity contribution in [2.24, 2.45) is 5.41 Å². The number of anilines is 1. The maximum absolute atomic E-state index is 12.6. The van der Waals surface area contributed by atoms with Crippen LogP contribution in [0.5, 0.6) is 0 Å². The fraction of sp³-hybridized carbons (Fsp3) is 0.533. The molecular weight excluding hydrogens is 270 g/mol. The lowest BCUT2D eigenvalue weighted by Gasteiger charge is -2.35. The molecule has 0 aliphatic rings. The molecule has 1 atom stereocenters. The van der Waals surface area contributed by atoms with Crippen molar-refractivity contribution in [3.8, 4) is 0 Å². The molecule has 116 valence electrons. The molecule has 0 heterocycles. The molecule has 0 aliphatic heterocycles. The minimum Gasteiger partial charge on any atom is -0.383 e. The third kappa shape index (κ3) is 3.51. The van der Waals surface area contributed by atoms with Gasteiger partial charge in [-0.3, -0.25) is 14.9 Å². The summed E-state index contributed by atoms with van der Waals surface area (Å²) in [5.74, 6) is -0.346. The van der Waals surface area contributed by atoms with Gasteiger partial charge < -0.3 is 10.2 Å². The topological polar surface area (TPSA) is 75.5 Å². The van der Waals surface area contributed by atoms with Gasteiger partial charge in [0, 0.05) is 20.1 Å². The molecule has 1 aromatic carbocycles. The van der Waals surface area contributed by atoms with Crippen molar-refractivity contribution in [2.45, 2.75) is 33.7 Å². The molecule has 0 aliphatic carbocycles. The van der Waals surface area contributed by atoms with Crippen molar-refractivity contribution in [3.05, 3.63) is 33.9 Å². The molecule has 0 aromatic heterocycles. The fourth-order valence-electron chi connectivity index (χ4n) is 2.06. The fourth-order valence-corrected chi connectivity index (χ4v) is 2.06. The van der Waals surface area contributed by atoms with Gasteiger partial charge in [0.2, 0.25) is 0 Å². The van der Waals surface area contributed by atoms with Crippen molar-refractivity contribution < 1.29 is 9.72 Å². The van der Waals surface area contributed by atoms with Crippen LogP contribution in [-0.2, 0) is 0 Å².